The average molecular weight is 395 g/mol. The van der Waals surface area contributed by atoms with Gasteiger partial charge in [0.1, 0.15) is 17.8 Å². The van der Waals surface area contributed by atoms with Gasteiger partial charge in [-0.25, -0.2) is 4.79 Å². The molecule has 0 spiro atoms. The molecule has 4 rings (SSSR count). The highest BCUT2D eigenvalue weighted by atomic mass is 16.4. The number of aliphatic carboxylic acids is 1. The summed E-state index contributed by atoms with van der Waals surface area (Å²) in [6, 6.07) is 7.71. The number of amides is 2. The van der Waals surface area contributed by atoms with Crippen LogP contribution in [0.3, 0.4) is 0 Å². The predicted octanol–water partition coefficient (Wildman–Crippen LogP) is 2.74. The zero-order valence-electron chi connectivity index (χ0n) is 16.2. The van der Waals surface area contributed by atoms with Crippen LogP contribution in [0.1, 0.15) is 55.4 Å². The summed E-state index contributed by atoms with van der Waals surface area (Å²) in [5.74, 6) is -1.65. The quantitative estimate of drug-likeness (QED) is 0.832. The molecule has 2 aromatic rings. The molecule has 2 aliphatic rings. The normalized spacial score (nSPS) is 25.0. The fourth-order valence-electron chi connectivity index (χ4n) is 4.63. The van der Waals surface area contributed by atoms with Crippen molar-refractivity contribution in [2.75, 3.05) is 0 Å². The second-order valence-corrected chi connectivity index (χ2v) is 7.88. The Morgan fingerprint density at radius 1 is 1.03 bits per heavy atom. The van der Waals surface area contributed by atoms with Gasteiger partial charge in [0.15, 0.2) is 0 Å². The van der Waals surface area contributed by atoms with Gasteiger partial charge in [0, 0.05) is 17.6 Å². The van der Waals surface area contributed by atoms with Gasteiger partial charge in [-0.3, -0.25) is 14.6 Å². The van der Waals surface area contributed by atoms with E-state index in [0.717, 1.165) is 42.9 Å². The Labute approximate surface area is 169 Å². The zero-order chi connectivity index (χ0) is 20.4. The van der Waals surface area contributed by atoms with E-state index in [0.29, 0.717) is 12.8 Å². The molecule has 0 bridgehead atoms. The van der Waals surface area contributed by atoms with E-state index in [1.807, 2.05) is 30.3 Å². The number of rotatable bonds is 3. The first-order chi connectivity index (χ1) is 14.1. The van der Waals surface area contributed by atoms with Crippen LogP contribution in [-0.2, 0) is 9.59 Å². The van der Waals surface area contributed by atoms with Crippen molar-refractivity contribution in [2.24, 2.45) is 0 Å². The van der Waals surface area contributed by atoms with Crippen LogP contribution in [-0.4, -0.2) is 50.9 Å². The molecule has 7 heteroatoms. The molecule has 0 unspecified atom stereocenters. The Kier molecular flexibility index (Phi) is 5.47. The largest absolute Gasteiger partial charge is 0.480 e. The Morgan fingerprint density at radius 2 is 1.79 bits per heavy atom. The summed E-state index contributed by atoms with van der Waals surface area (Å²) in [4.78, 5) is 43.8. The highest BCUT2D eigenvalue weighted by Gasteiger charge is 2.41. The van der Waals surface area contributed by atoms with E-state index in [1.54, 1.807) is 6.20 Å². The minimum absolute atomic E-state index is 0.0623. The summed E-state index contributed by atoms with van der Waals surface area (Å²) in [5.41, 5.74) is 0.280. The molecule has 2 aliphatic heterocycles. The van der Waals surface area contributed by atoms with Gasteiger partial charge in [-0.2, -0.15) is 0 Å². The van der Waals surface area contributed by atoms with Crippen LogP contribution in [0.15, 0.2) is 36.5 Å². The number of piperidine rings is 1. The van der Waals surface area contributed by atoms with Gasteiger partial charge in [-0.1, -0.05) is 37.1 Å². The zero-order valence-corrected chi connectivity index (χ0v) is 16.2. The molecule has 29 heavy (non-hydrogen) atoms. The number of pyridine rings is 1. The summed E-state index contributed by atoms with van der Waals surface area (Å²) in [6.07, 6.45) is 6.73. The molecule has 152 valence electrons. The number of aromatic nitrogens is 1. The molecule has 2 fully saturated rings. The van der Waals surface area contributed by atoms with Crippen molar-refractivity contribution in [3.63, 3.8) is 0 Å². The fourth-order valence-corrected chi connectivity index (χ4v) is 4.63. The molecule has 7 nitrogen and oxygen atoms in total. The van der Waals surface area contributed by atoms with Crippen molar-refractivity contribution in [1.29, 1.82) is 0 Å². The molecular formula is C22H25N3O4. The summed E-state index contributed by atoms with van der Waals surface area (Å²) >= 11 is 0. The van der Waals surface area contributed by atoms with E-state index < -0.39 is 24.0 Å². The minimum Gasteiger partial charge on any atom is -0.480 e. The van der Waals surface area contributed by atoms with Gasteiger partial charge in [-0.05, 0) is 43.6 Å². The number of hydrogen-bond acceptors (Lipinski definition) is 4. The number of nitrogens with one attached hydrogen (secondary N) is 1. The molecule has 2 amide bonds. The lowest BCUT2D eigenvalue weighted by Gasteiger charge is -2.43. The maximum atomic E-state index is 13.3. The number of hydrogen-bond donors (Lipinski definition) is 2. The third kappa shape index (κ3) is 3.81. The van der Waals surface area contributed by atoms with Crippen LogP contribution in [0, 0.1) is 0 Å². The third-order valence-electron chi connectivity index (χ3n) is 6.06. The van der Waals surface area contributed by atoms with Crippen LogP contribution < -0.4 is 5.32 Å². The van der Waals surface area contributed by atoms with E-state index in [1.165, 1.54) is 4.90 Å². The maximum Gasteiger partial charge on any atom is 0.326 e. The lowest BCUT2D eigenvalue weighted by molar-refractivity contribution is -0.156. The smallest absolute Gasteiger partial charge is 0.326 e. The molecule has 2 saturated heterocycles. The van der Waals surface area contributed by atoms with Crippen molar-refractivity contribution < 1.29 is 19.5 Å². The van der Waals surface area contributed by atoms with Crippen LogP contribution in [0.2, 0.25) is 0 Å². The molecule has 1 aromatic heterocycles. The predicted molar refractivity (Wildman–Crippen MR) is 107 cm³/mol. The monoisotopic (exact) mass is 395 g/mol. The summed E-state index contributed by atoms with van der Waals surface area (Å²) in [6.45, 7) is 0. The molecule has 1 aromatic carbocycles. The van der Waals surface area contributed by atoms with Crippen molar-refractivity contribution in [1.82, 2.24) is 15.2 Å². The average Bonchev–Trinajstić information content (AvgIpc) is 2.73. The van der Waals surface area contributed by atoms with E-state index >= 15 is 0 Å². The van der Waals surface area contributed by atoms with Gasteiger partial charge in [0.05, 0.1) is 0 Å². The van der Waals surface area contributed by atoms with E-state index in [9.17, 15) is 19.5 Å². The molecule has 0 saturated carbocycles. The van der Waals surface area contributed by atoms with Gasteiger partial charge in [0.25, 0.3) is 5.91 Å². The number of carbonyl (C=O) groups is 3. The second-order valence-electron chi connectivity index (χ2n) is 7.88. The first-order valence-corrected chi connectivity index (χ1v) is 10.3. The van der Waals surface area contributed by atoms with Crippen molar-refractivity contribution in [3.8, 4) is 0 Å². The SMILES string of the molecule is O=C(N[C@H]1CCCC[C@H]2CCC[C@@H](C(=O)O)N2C1=O)c1nccc2ccccc12. The van der Waals surface area contributed by atoms with E-state index in [4.69, 9.17) is 0 Å². The van der Waals surface area contributed by atoms with Crippen LogP contribution in [0.25, 0.3) is 10.8 Å². The lowest BCUT2D eigenvalue weighted by Crippen LogP contribution is -2.59. The molecule has 0 aliphatic carbocycles. The number of carboxylic acids is 1. The van der Waals surface area contributed by atoms with Crippen molar-refractivity contribution >= 4 is 28.6 Å². The minimum atomic E-state index is -0.968. The summed E-state index contributed by atoms with van der Waals surface area (Å²) in [5, 5.41) is 14.1. The standard InChI is InChI=1S/C22H25N3O4/c26-20(19-16-9-3-1-6-14(16)12-13-23-19)24-17-10-4-2-7-15-8-5-11-18(22(28)29)25(15)21(17)27/h1,3,6,9,12-13,15,17-18H,2,4-5,7-8,10-11H2,(H,24,26)(H,28,29)/t15-,17-,18-/m0/s1. The number of nitrogens with zero attached hydrogens (tertiary/aromatic N) is 2. The first kappa shape index (κ1) is 19.4. The van der Waals surface area contributed by atoms with Crippen LogP contribution >= 0.6 is 0 Å². The van der Waals surface area contributed by atoms with Crippen LogP contribution in [0.4, 0.5) is 0 Å². The van der Waals surface area contributed by atoms with Gasteiger partial charge >= 0.3 is 5.97 Å². The second kappa shape index (κ2) is 8.19. The Hall–Kier alpha value is -2.96. The van der Waals surface area contributed by atoms with E-state index in [2.05, 4.69) is 10.3 Å². The number of benzene rings is 1. The molecular weight excluding hydrogens is 370 g/mol. The van der Waals surface area contributed by atoms with Gasteiger partial charge < -0.3 is 15.3 Å². The highest BCUT2D eigenvalue weighted by Crippen LogP contribution is 2.30. The van der Waals surface area contributed by atoms with Crippen molar-refractivity contribution in [2.45, 2.75) is 63.1 Å². The third-order valence-corrected chi connectivity index (χ3v) is 6.06. The molecule has 0 radical (unpaired) electrons. The lowest BCUT2D eigenvalue weighted by atomic mass is 9.88. The molecule has 3 heterocycles. The number of carboxylic acid groups (broad SMARTS) is 1. The van der Waals surface area contributed by atoms with E-state index in [-0.39, 0.29) is 17.6 Å². The summed E-state index contributed by atoms with van der Waals surface area (Å²) < 4.78 is 0. The Morgan fingerprint density at radius 3 is 2.62 bits per heavy atom. The fraction of sp³-hybridized carbons (Fsp3) is 0.455. The van der Waals surface area contributed by atoms with Crippen LogP contribution in [0.5, 0.6) is 0 Å². The van der Waals surface area contributed by atoms with Gasteiger partial charge in [0.2, 0.25) is 5.91 Å². The Balaban J connectivity index is 1.60. The molecule has 2 N–H and O–H groups in total. The van der Waals surface area contributed by atoms with Gasteiger partial charge in [-0.15, -0.1) is 0 Å². The van der Waals surface area contributed by atoms with Crippen molar-refractivity contribution in [3.05, 3.63) is 42.2 Å². The highest BCUT2D eigenvalue weighted by molar-refractivity contribution is 6.06. The summed E-state index contributed by atoms with van der Waals surface area (Å²) in [7, 11) is 0. The Bertz CT molecular complexity index is 939. The molecule has 3 atom stereocenters. The maximum absolute atomic E-state index is 13.3. The number of fused-ring (bicyclic) bond motifs is 2. The number of carbonyl (C=O) groups excluding carboxylic acids is 2. The first-order valence-electron chi connectivity index (χ1n) is 10.3. The topological polar surface area (TPSA) is 99.6 Å².